The Morgan fingerprint density at radius 1 is 1.28 bits per heavy atom. The Morgan fingerprint density at radius 3 is 2.76 bits per heavy atom. The van der Waals surface area contributed by atoms with E-state index in [1.165, 1.54) is 18.5 Å². The smallest absolute Gasteiger partial charge is 0.191 e. The van der Waals surface area contributed by atoms with Crippen molar-refractivity contribution in [1.82, 2.24) is 20.7 Å². The van der Waals surface area contributed by atoms with E-state index in [0.717, 1.165) is 43.5 Å². The minimum atomic E-state index is 0. The number of benzene rings is 1. The maximum Gasteiger partial charge on any atom is 0.191 e. The van der Waals surface area contributed by atoms with Crippen LogP contribution < -0.4 is 10.6 Å². The van der Waals surface area contributed by atoms with Crippen molar-refractivity contribution in [3.05, 3.63) is 53.4 Å². The molecule has 3 rings (SSSR count). The summed E-state index contributed by atoms with van der Waals surface area (Å²) < 4.78 is 5.37. The summed E-state index contributed by atoms with van der Waals surface area (Å²) in [5, 5.41) is 10.9. The highest BCUT2D eigenvalue weighted by atomic mass is 127. The number of hydrogen-bond donors (Lipinski definition) is 2. The molecule has 0 radical (unpaired) electrons. The zero-order chi connectivity index (χ0) is 19.8. The van der Waals surface area contributed by atoms with Gasteiger partial charge in [0.15, 0.2) is 11.7 Å². The van der Waals surface area contributed by atoms with Crippen molar-refractivity contribution in [2.45, 2.75) is 39.2 Å². The van der Waals surface area contributed by atoms with Gasteiger partial charge in [-0.05, 0) is 36.8 Å². The van der Waals surface area contributed by atoms with Gasteiger partial charge in [-0.3, -0.25) is 4.99 Å². The lowest BCUT2D eigenvalue weighted by molar-refractivity contribution is 0.328. The summed E-state index contributed by atoms with van der Waals surface area (Å²) in [5.41, 5.74) is 2.41. The van der Waals surface area contributed by atoms with Crippen molar-refractivity contribution >= 4 is 29.9 Å². The predicted octanol–water partition coefficient (Wildman–Crippen LogP) is 3.65. The van der Waals surface area contributed by atoms with Gasteiger partial charge < -0.3 is 20.1 Å². The van der Waals surface area contributed by atoms with Gasteiger partial charge in [0.1, 0.15) is 0 Å². The molecule has 0 bridgehead atoms. The van der Waals surface area contributed by atoms with Gasteiger partial charge in [0, 0.05) is 32.7 Å². The fraction of sp³-hybridized carbons (Fsp3) is 0.545. The molecule has 0 aliphatic carbocycles. The lowest BCUT2D eigenvalue weighted by Crippen LogP contribution is -2.39. The van der Waals surface area contributed by atoms with E-state index in [0.29, 0.717) is 18.4 Å². The Labute approximate surface area is 191 Å². The van der Waals surface area contributed by atoms with Crippen molar-refractivity contribution < 1.29 is 4.52 Å². The average molecular weight is 511 g/mol. The van der Waals surface area contributed by atoms with Gasteiger partial charge in [-0.1, -0.05) is 49.3 Å². The van der Waals surface area contributed by atoms with Crippen molar-refractivity contribution in [1.29, 1.82) is 0 Å². The molecule has 1 aliphatic heterocycles. The van der Waals surface area contributed by atoms with Crippen LogP contribution in [-0.2, 0) is 13.0 Å². The van der Waals surface area contributed by atoms with Crippen LogP contribution in [0.1, 0.15) is 43.2 Å². The molecule has 29 heavy (non-hydrogen) atoms. The van der Waals surface area contributed by atoms with Gasteiger partial charge in [-0.15, -0.1) is 24.0 Å². The molecule has 1 aliphatic rings. The van der Waals surface area contributed by atoms with Gasteiger partial charge in [0.2, 0.25) is 0 Å². The second kappa shape index (κ2) is 12.2. The highest BCUT2D eigenvalue weighted by molar-refractivity contribution is 14.0. The van der Waals surface area contributed by atoms with Gasteiger partial charge in [0.05, 0.1) is 12.2 Å². The summed E-state index contributed by atoms with van der Waals surface area (Å²) in [4.78, 5) is 6.89. The van der Waals surface area contributed by atoms with Crippen LogP contribution in [0.25, 0.3) is 0 Å². The van der Waals surface area contributed by atoms with Crippen LogP contribution in [0.2, 0.25) is 0 Å². The van der Waals surface area contributed by atoms with E-state index in [4.69, 9.17) is 4.52 Å². The first kappa shape index (κ1) is 23.7. The molecule has 0 spiro atoms. The number of aliphatic imine (C=N–C) groups is 1. The molecule has 1 atom stereocenters. The van der Waals surface area contributed by atoms with Crippen LogP contribution in [0.4, 0.5) is 0 Å². The normalized spacial score (nSPS) is 17.4. The molecule has 2 heterocycles. The Morgan fingerprint density at radius 2 is 2.07 bits per heavy atom. The van der Waals surface area contributed by atoms with Crippen molar-refractivity contribution in [3.63, 3.8) is 0 Å². The van der Waals surface area contributed by atoms with Crippen LogP contribution in [0.15, 0.2) is 45.9 Å². The van der Waals surface area contributed by atoms with Crippen LogP contribution in [-0.4, -0.2) is 49.2 Å². The molecule has 1 unspecified atom stereocenters. The first-order chi connectivity index (χ1) is 13.6. The van der Waals surface area contributed by atoms with Crippen LogP contribution in [0.3, 0.4) is 0 Å². The maximum atomic E-state index is 5.37. The van der Waals surface area contributed by atoms with E-state index >= 15 is 0 Å². The minimum absolute atomic E-state index is 0. The third kappa shape index (κ3) is 7.62. The fourth-order valence-corrected chi connectivity index (χ4v) is 3.53. The molecule has 7 heteroatoms. The zero-order valence-corrected chi connectivity index (χ0v) is 20.1. The molecule has 1 fully saturated rings. The molecule has 6 nitrogen and oxygen atoms in total. The van der Waals surface area contributed by atoms with Crippen molar-refractivity contribution in [2.75, 3.05) is 33.2 Å². The summed E-state index contributed by atoms with van der Waals surface area (Å²) in [6, 6.07) is 12.7. The number of halogens is 1. The molecular formula is C22H34IN5O. The summed E-state index contributed by atoms with van der Waals surface area (Å²) in [7, 11) is 1.80. The van der Waals surface area contributed by atoms with E-state index in [9.17, 15) is 0 Å². The zero-order valence-electron chi connectivity index (χ0n) is 17.7. The lowest BCUT2D eigenvalue weighted by Gasteiger charge is -2.17. The minimum Gasteiger partial charge on any atom is -0.359 e. The number of nitrogens with zero attached hydrogens (tertiary/aromatic N) is 3. The monoisotopic (exact) mass is 511 g/mol. The Balaban J connectivity index is 0.00000300. The quantitative estimate of drug-likeness (QED) is 0.322. The average Bonchev–Trinajstić information content (AvgIpc) is 3.37. The first-order valence-electron chi connectivity index (χ1n) is 10.3. The molecule has 2 N–H and O–H groups in total. The van der Waals surface area contributed by atoms with E-state index in [1.54, 1.807) is 7.05 Å². The standard InChI is InChI=1S/C22H33N5O.HI/c1-17(2)21-13-20(28-26-21)15-25-22(23-3)24-14-19-10-12-27(16-19)11-9-18-7-5-4-6-8-18;/h4-8,13,17,19H,9-12,14-16H2,1-3H3,(H2,23,24,25);1H. The van der Waals surface area contributed by atoms with Gasteiger partial charge in [0.25, 0.3) is 0 Å². The SMILES string of the molecule is CN=C(NCc1cc(C(C)C)no1)NCC1CCN(CCc2ccccc2)C1.I. The van der Waals surface area contributed by atoms with Crippen LogP contribution >= 0.6 is 24.0 Å². The molecule has 0 amide bonds. The molecule has 2 aromatic rings. The van der Waals surface area contributed by atoms with Crippen LogP contribution in [0, 0.1) is 5.92 Å². The molecule has 1 saturated heterocycles. The highest BCUT2D eigenvalue weighted by Crippen LogP contribution is 2.16. The third-order valence-electron chi connectivity index (χ3n) is 5.31. The second-order valence-electron chi connectivity index (χ2n) is 7.87. The Hall–Kier alpha value is -1.61. The van der Waals surface area contributed by atoms with Gasteiger partial charge in [-0.25, -0.2) is 0 Å². The van der Waals surface area contributed by atoms with E-state index in [2.05, 4.69) is 69.9 Å². The largest absolute Gasteiger partial charge is 0.359 e. The topological polar surface area (TPSA) is 65.7 Å². The lowest BCUT2D eigenvalue weighted by atomic mass is 10.1. The summed E-state index contributed by atoms with van der Waals surface area (Å²) in [6.45, 7) is 9.22. The second-order valence-corrected chi connectivity index (χ2v) is 7.87. The maximum absolute atomic E-state index is 5.37. The fourth-order valence-electron chi connectivity index (χ4n) is 3.53. The number of hydrogen-bond acceptors (Lipinski definition) is 4. The highest BCUT2D eigenvalue weighted by Gasteiger charge is 2.22. The van der Waals surface area contributed by atoms with Gasteiger partial charge >= 0.3 is 0 Å². The first-order valence-corrected chi connectivity index (χ1v) is 10.3. The summed E-state index contributed by atoms with van der Waals surface area (Å²) in [5.74, 6) is 2.68. The molecule has 1 aromatic heterocycles. The molecule has 1 aromatic carbocycles. The predicted molar refractivity (Wildman–Crippen MR) is 129 cm³/mol. The number of guanidine groups is 1. The van der Waals surface area contributed by atoms with Crippen molar-refractivity contribution in [2.24, 2.45) is 10.9 Å². The van der Waals surface area contributed by atoms with Crippen molar-refractivity contribution in [3.8, 4) is 0 Å². The van der Waals surface area contributed by atoms with E-state index < -0.39 is 0 Å². The Kier molecular flexibility index (Phi) is 9.93. The number of nitrogens with one attached hydrogen (secondary N) is 2. The number of likely N-dealkylation sites (tertiary alicyclic amines) is 1. The number of aromatic nitrogens is 1. The molecular weight excluding hydrogens is 477 g/mol. The molecule has 160 valence electrons. The molecule has 0 saturated carbocycles. The van der Waals surface area contributed by atoms with Crippen LogP contribution in [0.5, 0.6) is 0 Å². The third-order valence-corrected chi connectivity index (χ3v) is 5.31. The summed E-state index contributed by atoms with van der Waals surface area (Å²) in [6.07, 6.45) is 2.36. The van der Waals surface area contributed by atoms with E-state index in [1.807, 2.05) is 6.07 Å². The Bertz CT molecular complexity index is 747. The number of rotatable bonds is 8. The van der Waals surface area contributed by atoms with E-state index in [-0.39, 0.29) is 24.0 Å². The summed E-state index contributed by atoms with van der Waals surface area (Å²) >= 11 is 0. The van der Waals surface area contributed by atoms with Gasteiger partial charge in [-0.2, -0.15) is 0 Å².